The molecule has 1 fully saturated rings. The first kappa shape index (κ1) is 22.2. The predicted octanol–water partition coefficient (Wildman–Crippen LogP) is 4.41. The van der Waals surface area contributed by atoms with Crippen LogP contribution in [0, 0.1) is 17.2 Å². The molecule has 1 amide bonds. The second-order valence-corrected chi connectivity index (χ2v) is 9.11. The Morgan fingerprint density at radius 1 is 1.34 bits per heavy atom. The van der Waals surface area contributed by atoms with Crippen LogP contribution in [0.3, 0.4) is 0 Å². The lowest BCUT2D eigenvalue weighted by Crippen LogP contribution is -2.35. The van der Waals surface area contributed by atoms with Crippen molar-refractivity contribution in [2.24, 2.45) is 5.92 Å². The third kappa shape index (κ3) is 5.26. The maximum atomic E-state index is 12.5. The van der Waals surface area contributed by atoms with E-state index in [2.05, 4.69) is 27.3 Å². The van der Waals surface area contributed by atoms with Gasteiger partial charge in [-0.05, 0) is 49.1 Å². The molecule has 1 N–H and O–H groups in total. The van der Waals surface area contributed by atoms with E-state index in [0.29, 0.717) is 33.9 Å². The summed E-state index contributed by atoms with van der Waals surface area (Å²) in [5, 5.41) is 21.5. The zero-order chi connectivity index (χ0) is 22.5. The number of halogens is 1. The van der Waals surface area contributed by atoms with Crippen LogP contribution in [0.15, 0.2) is 46.2 Å². The first-order valence-electron chi connectivity index (χ1n) is 10.4. The third-order valence-corrected chi connectivity index (χ3v) is 6.64. The van der Waals surface area contributed by atoms with E-state index in [1.165, 1.54) is 11.8 Å². The van der Waals surface area contributed by atoms with E-state index in [4.69, 9.17) is 21.3 Å². The van der Waals surface area contributed by atoms with Gasteiger partial charge in [-0.15, -0.1) is 10.2 Å². The smallest absolute Gasteiger partial charge is 0.234 e. The normalized spacial score (nSPS) is 14.3. The molecule has 1 aromatic carbocycles. The molecule has 0 saturated carbocycles. The van der Waals surface area contributed by atoms with E-state index in [-0.39, 0.29) is 11.7 Å². The number of nitrogens with zero attached hydrogens (tertiary/aromatic N) is 5. The summed E-state index contributed by atoms with van der Waals surface area (Å²) >= 11 is 7.36. The van der Waals surface area contributed by atoms with Gasteiger partial charge in [-0.2, -0.15) is 5.26 Å². The van der Waals surface area contributed by atoms with Gasteiger partial charge in [-0.3, -0.25) is 9.36 Å². The Hall–Kier alpha value is -2.96. The van der Waals surface area contributed by atoms with E-state index >= 15 is 0 Å². The van der Waals surface area contributed by atoms with E-state index in [1.54, 1.807) is 24.5 Å². The first-order chi connectivity index (χ1) is 15.5. The second kappa shape index (κ2) is 10.1. The van der Waals surface area contributed by atoms with Crippen LogP contribution in [-0.4, -0.2) is 39.5 Å². The molecule has 4 rings (SSSR count). The number of aromatic nitrogens is 3. The number of thioether (sulfide) groups is 1. The highest BCUT2D eigenvalue weighted by atomic mass is 35.5. The predicted molar refractivity (Wildman–Crippen MR) is 124 cm³/mol. The summed E-state index contributed by atoms with van der Waals surface area (Å²) in [6.07, 6.45) is 3.88. The highest BCUT2D eigenvalue weighted by molar-refractivity contribution is 7.99. The molecule has 8 nitrogen and oxygen atoms in total. The number of carbonyl (C=O) groups is 1. The number of nitriles is 1. The van der Waals surface area contributed by atoms with Gasteiger partial charge in [-0.1, -0.05) is 30.3 Å². The van der Waals surface area contributed by atoms with Crippen LogP contribution in [0.1, 0.15) is 31.1 Å². The minimum atomic E-state index is -0.198. The number of piperidine rings is 1. The number of hydrogen-bond donors (Lipinski definition) is 1. The van der Waals surface area contributed by atoms with Crippen molar-refractivity contribution >= 4 is 40.9 Å². The zero-order valence-corrected chi connectivity index (χ0v) is 19.2. The maximum absolute atomic E-state index is 12.5. The van der Waals surface area contributed by atoms with Gasteiger partial charge in [0.25, 0.3) is 0 Å². The van der Waals surface area contributed by atoms with Gasteiger partial charge in [0.15, 0.2) is 5.16 Å². The summed E-state index contributed by atoms with van der Waals surface area (Å²) in [7, 11) is 0. The van der Waals surface area contributed by atoms with Crippen LogP contribution in [-0.2, 0) is 11.3 Å². The molecule has 0 unspecified atom stereocenters. The van der Waals surface area contributed by atoms with Crippen molar-refractivity contribution in [2.75, 3.05) is 29.1 Å². The van der Waals surface area contributed by atoms with Crippen LogP contribution in [0.25, 0.3) is 0 Å². The fourth-order valence-corrected chi connectivity index (χ4v) is 4.49. The number of nitrogens with one attached hydrogen (secondary N) is 1. The quantitative estimate of drug-likeness (QED) is 0.510. The number of rotatable bonds is 7. The molecule has 166 valence electrons. The van der Waals surface area contributed by atoms with E-state index < -0.39 is 0 Å². The lowest BCUT2D eigenvalue weighted by Gasteiger charge is -2.31. The fraction of sp³-hybridized carbons (Fsp3) is 0.364. The van der Waals surface area contributed by atoms with E-state index in [0.717, 1.165) is 37.6 Å². The number of carbonyl (C=O) groups excluding carboxylic acids is 1. The number of benzene rings is 1. The molecular formula is C22H23ClN6O2S. The number of hydrogen-bond acceptors (Lipinski definition) is 7. The molecular weight excluding hydrogens is 448 g/mol. The summed E-state index contributed by atoms with van der Waals surface area (Å²) in [6, 6.07) is 10.6. The van der Waals surface area contributed by atoms with Crippen molar-refractivity contribution in [3.05, 3.63) is 52.9 Å². The minimum absolute atomic E-state index is 0.158. The summed E-state index contributed by atoms with van der Waals surface area (Å²) in [5.41, 5.74) is 0.907. The molecule has 0 aliphatic carbocycles. The molecule has 10 heteroatoms. The standard InChI is InChI=1S/C22H23ClN6O2S/c1-15-6-8-28(9-7-15)21-26-27-22(29(21)13-18-3-2-10-31-18)32-14-20(30)25-17-5-4-16(12-24)19(23)11-17/h2-5,10-11,15H,6-9,13-14H2,1H3,(H,25,30). The van der Waals surface area contributed by atoms with Crippen molar-refractivity contribution in [1.29, 1.82) is 5.26 Å². The molecule has 3 heterocycles. The summed E-state index contributed by atoms with van der Waals surface area (Å²) in [4.78, 5) is 14.7. The van der Waals surface area contributed by atoms with Gasteiger partial charge in [0.05, 0.1) is 29.1 Å². The lowest BCUT2D eigenvalue weighted by molar-refractivity contribution is -0.113. The minimum Gasteiger partial charge on any atom is -0.467 e. The van der Waals surface area contributed by atoms with Gasteiger partial charge in [0, 0.05) is 18.8 Å². The Labute approximate surface area is 195 Å². The second-order valence-electron chi connectivity index (χ2n) is 7.76. The van der Waals surface area contributed by atoms with Crippen molar-refractivity contribution in [3.63, 3.8) is 0 Å². The van der Waals surface area contributed by atoms with Crippen molar-refractivity contribution < 1.29 is 9.21 Å². The molecule has 0 spiro atoms. The zero-order valence-electron chi connectivity index (χ0n) is 17.6. The van der Waals surface area contributed by atoms with Gasteiger partial charge in [-0.25, -0.2) is 0 Å². The summed E-state index contributed by atoms with van der Waals surface area (Å²) in [6.45, 7) is 4.63. The highest BCUT2D eigenvalue weighted by Gasteiger charge is 2.23. The van der Waals surface area contributed by atoms with E-state index in [9.17, 15) is 4.79 Å². The third-order valence-electron chi connectivity index (χ3n) is 5.36. The van der Waals surface area contributed by atoms with Gasteiger partial charge < -0.3 is 14.6 Å². The summed E-state index contributed by atoms with van der Waals surface area (Å²) in [5.74, 6) is 2.27. The largest absolute Gasteiger partial charge is 0.467 e. The number of anilines is 2. The number of amides is 1. The molecule has 0 atom stereocenters. The average Bonchev–Trinajstić information content (AvgIpc) is 3.44. The molecule has 2 aromatic heterocycles. The molecule has 32 heavy (non-hydrogen) atoms. The van der Waals surface area contributed by atoms with Crippen LogP contribution in [0.5, 0.6) is 0 Å². The van der Waals surface area contributed by atoms with Gasteiger partial charge in [0.1, 0.15) is 11.8 Å². The first-order valence-corrected chi connectivity index (χ1v) is 11.7. The van der Waals surface area contributed by atoms with Crippen molar-refractivity contribution in [1.82, 2.24) is 14.8 Å². The summed E-state index contributed by atoms with van der Waals surface area (Å²) < 4.78 is 7.54. The maximum Gasteiger partial charge on any atom is 0.234 e. The van der Waals surface area contributed by atoms with Crippen molar-refractivity contribution in [2.45, 2.75) is 31.5 Å². The SMILES string of the molecule is CC1CCN(c2nnc(SCC(=O)Nc3ccc(C#N)c(Cl)c3)n2Cc2ccco2)CC1. The molecule has 1 aliphatic rings. The van der Waals surface area contributed by atoms with Crippen LogP contribution in [0.4, 0.5) is 11.6 Å². The van der Waals surface area contributed by atoms with Gasteiger partial charge >= 0.3 is 0 Å². The Morgan fingerprint density at radius 2 is 2.16 bits per heavy atom. The van der Waals surface area contributed by atoms with Crippen LogP contribution >= 0.6 is 23.4 Å². The number of furan rings is 1. The molecule has 1 saturated heterocycles. The molecule has 0 bridgehead atoms. The fourth-order valence-electron chi connectivity index (χ4n) is 3.54. The van der Waals surface area contributed by atoms with Crippen LogP contribution < -0.4 is 10.2 Å². The Balaban J connectivity index is 1.46. The molecule has 0 radical (unpaired) electrons. The van der Waals surface area contributed by atoms with Crippen LogP contribution in [0.2, 0.25) is 5.02 Å². The van der Waals surface area contributed by atoms with E-state index in [1.807, 2.05) is 22.8 Å². The van der Waals surface area contributed by atoms with Gasteiger partial charge in [0.2, 0.25) is 11.9 Å². The lowest BCUT2D eigenvalue weighted by atomic mass is 10.00. The highest BCUT2D eigenvalue weighted by Crippen LogP contribution is 2.27. The Bertz CT molecular complexity index is 1120. The Kier molecular flexibility index (Phi) is 7.02. The Morgan fingerprint density at radius 3 is 2.84 bits per heavy atom. The average molecular weight is 471 g/mol. The molecule has 1 aliphatic heterocycles. The topological polar surface area (TPSA) is 100.0 Å². The molecule has 3 aromatic rings. The van der Waals surface area contributed by atoms with Crippen molar-refractivity contribution in [3.8, 4) is 6.07 Å². The monoisotopic (exact) mass is 470 g/mol.